The van der Waals surface area contributed by atoms with Gasteiger partial charge in [-0.05, 0) is 161 Å². The SMILES string of the molecule is CC[C@H](C)CCc1ccc(NC(=O)N2c3nc(-c4cccc(C(F)(F)F)c4)c(C)cc3N3CCC[C@H]2C3)nc1.Cc1cc2c(nc1-c1cccc(C(F)(F)F)c1)N(C(=O)Nc1cncc(OC[C@H](C)CO)n1)[C@H]1CCCN2C1.Cc1cc2c(nc1-c1cccc(C(F)(F)F)c1)N(C(=O)Nc1nccc(OC[C@H](C)CO)n1)[C@H]1CCCN2C1. The van der Waals surface area contributed by atoms with Gasteiger partial charge in [0.1, 0.15) is 5.82 Å². The number of nitrogens with zero attached hydrogens (tertiary/aromatic N) is 14. The average molecular weight is 1620 g/mol. The first-order chi connectivity index (χ1) is 55.9. The minimum atomic E-state index is -4.48. The highest BCUT2D eigenvalue weighted by atomic mass is 19.4. The molecule has 6 aliphatic heterocycles. The molecular weight excluding hydrogens is 1530 g/mol. The van der Waals surface area contributed by atoms with E-state index in [9.17, 15) is 64.1 Å². The van der Waals surface area contributed by atoms with Crippen LogP contribution in [0.25, 0.3) is 33.8 Å². The number of urea groups is 3. The van der Waals surface area contributed by atoms with Crippen LogP contribution in [0.2, 0.25) is 0 Å². The van der Waals surface area contributed by atoms with E-state index in [1.54, 1.807) is 52.1 Å². The largest absolute Gasteiger partial charge is 0.477 e. The van der Waals surface area contributed by atoms with E-state index in [1.165, 1.54) is 36.8 Å². The monoisotopic (exact) mass is 1620 g/mol. The number of aliphatic hydroxyl groups is 2. The number of aromatic nitrogens is 8. The van der Waals surface area contributed by atoms with Gasteiger partial charge in [0.2, 0.25) is 17.7 Å². The number of hydrogen-bond acceptors (Lipinski definition) is 18. The molecule has 3 fully saturated rings. The Morgan fingerprint density at radius 1 is 0.487 bits per heavy atom. The molecule has 0 radical (unpaired) electrons. The normalized spacial score (nSPS) is 17.5. The third kappa shape index (κ3) is 19.5. The van der Waals surface area contributed by atoms with Gasteiger partial charge in [-0.25, -0.2) is 39.3 Å². The summed E-state index contributed by atoms with van der Waals surface area (Å²) in [4.78, 5) is 87.9. The zero-order valence-corrected chi connectivity index (χ0v) is 65.7. The number of carbonyl (C=O) groups excluding carboxylic acids is 3. The number of aliphatic hydroxyl groups excluding tert-OH is 2. The molecule has 0 spiro atoms. The maximum atomic E-state index is 13.7. The summed E-state index contributed by atoms with van der Waals surface area (Å²) in [5.41, 5.74) is 5.60. The van der Waals surface area contributed by atoms with E-state index in [2.05, 4.69) is 69.4 Å². The topological polar surface area (TPSA) is 269 Å². The van der Waals surface area contributed by atoms with Crippen LogP contribution in [0, 0.1) is 38.5 Å². The van der Waals surface area contributed by atoms with Crippen molar-refractivity contribution in [1.82, 2.24) is 39.9 Å². The molecule has 33 heteroatoms. The Kier molecular flexibility index (Phi) is 25.4. The van der Waals surface area contributed by atoms with E-state index >= 15 is 0 Å². The van der Waals surface area contributed by atoms with Crippen LogP contribution in [0.4, 0.5) is 106 Å². The summed E-state index contributed by atoms with van der Waals surface area (Å²) >= 11 is 0. The molecule has 5 N–H and O–H groups in total. The molecule has 15 rings (SSSR count). The predicted octanol–water partition coefficient (Wildman–Crippen LogP) is 17.3. The first kappa shape index (κ1) is 83.5. The quantitative estimate of drug-likeness (QED) is 0.0500. The highest BCUT2D eigenvalue weighted by molar-refractivity contribution is 6.06. The number of nitrogens with one attached hydrogen (secondary N) is 3. The molecule has 0 saturated carbocycles. The van der Waals surface area contributed by atoms with Crippen LogP contribution in [-0.2, 0) is 24.9 Å². The summed E-state index contributed by atoms with van der Waals surface area (Å²) in [6.07, 6.45) is 0.848. The molecular formula is C84H92F9N17O7. The van der Waals surface area contributed by atoms with Gasteiger partial charge >= 0.3 is 36.6 Å². The van der Waals surface area contributed by atoms with Crippen LogP contribution in [0.3, 0.4) is 0 Å². The fourth-order valence-corrected chi connectivity index (χ4v) is 15.1. The zero-order valence-electron chi connectivity index (χ0n) is 65.7. The maximum absolute atomic E-state index is 13.7. The zero-order chi connectivity index (χ0) is 83.2. The Morgan fingerprint density at radius 3 is 1.31 bits per heavy atom. The molecule has 6 aliphatic rings. The first-order valence-electron chi connectivity index (χ1n) is 39.1. The van der Waals surface area contributed by atoms with Gasteiger partial charge in [0.25, 0.3) is 0 Å². The summed E-state index contributed by atoms with van der Waals surface area (Å²) in [5.74, 6) is 2.84. The van der Waals surface area contributed by atoms with Crippen molar-refractivity contribution in [2.75, 3.05) is 111 Å². The Labute approximate surface area is 670 Å². The van der Waals surface area contributed by atoms with E-state index in [4.69, 9.17) is 24.4 Å². The predicted molar refractivity (Wildman–Crippen MR) is 428 cm³/mol. The number of anilines is 9. The van der Waals surface area contributed by atoms with Crippen LogP contribution < -0.4 is 54.8 Å². The van der Waals surface area contributed by atoms with E-state index < -0.39 is 47.3 Å². The van der Waals surface area contributed by atoms with Crippen LogP contribution >= 0.6 is 0 Å². The van der Waals surface area contributed by atoms with E-state index in [1.807, 2.05) is 58.0 Å². The lowest BCUT2D eigenvalue weighted by atomic mass is 9.97. The van der Waals surface area contributed by atoms with Crippen molar-refractivity contribution in [1.29, 1.82) is 0 Å². The number of amides is 6. The van der Waals surface area contributed by atoms with Crippen molar-refractivity contribution in [3.63, 3.8) is 0 Å². The van der Waals surface area contributed by atoms with E-state index in [0.717, 1.165) is 142 Å². The molecule has 0 unspecified atom stereocenters. The third-order valence-electron chi connectivity index (χ3n) is 21.6. The maximum Gasteiger partial charge on any atom is 0.416 e. The fraction of sp³-hybridized carbons (Fsp3) is 0.417. The Balaban J connectivity index is 0.000000152. The van der Waals surface area contributed by atoms with Crippen molar-refractivity contribution >= 4 is 70.2 Å². The van der Waals surface area contributed by atoms with E-state index in [-0.39, 0.29) is 85.9 Å². The minimum Gasteiger partial charge on any atom is -0.477 e. The summed E-state index contributed by atoms with van der Waals surface area (Å²) in [5, 5.41) is 26.8. The Hall–Kier alpha value is -11.5. The second-order valence-electron chi connectivity index (χ2n) is 30.6. The summed E-state index contributed by atoms with van der Waals surface area (Å²) < 4.78 is 132. The second kappa shape index (κ2) is 35.5. The molecule has 6 aromatic heterocycles. The number of hydrogen-bond donors (Lipinski definition) is 5. The number of alkyl halides is 9. The molecule has 117 heavy (non-hydrogen) atoms. The molecule has 12 heterocycles. The van der Waals surface area contributed by atoms with Gasteiger partial charge in [0.15, 0.2) is 23.3 Å². The first-order valence-corrected chi connectivity index (χ1v) is 39.1. The van der Waals surface area contributed by atoms with Crippen molar-refractivity contribution in [3.05, 3.63) is 173 Å². The van der Waals surface area contributed by atoms with Crippen LogP contribution in [0.1, 0.15) is 118 Å². The highest BCUT2D eigenvalue weighted by Gasteiger charge is 2.44. The second-order valence-corrected chi connectivity index (χ2v) is 30.6. The number of carbonyl (C=O) groups is 3. The average Bonchev–Trinajstić information content (AvgIpc) is 0.755. The number of pyridine rings is 4. The van der Waals surface area contributed by atoms with Gasteiger partial charge in [-0.1, -0.05) is 76.6 Å². The lowest BCUT2D eigenvalue weighted by molar-refractivity contribution is -0.138. The van der Waals surface area contributed by atoms with Gasteiger partial charge in [0, 0.05) is 99.5 Å². The van der Waals surface area contributed by atoms with Crippen molar-refractivity contribution in [2.24, 2.45) is 17.8 Å². The molecule has 6 atom stereocenters. The Morgan fingerprint density at radius 2 is 0.906 bits per heavy atom. The lowest BCUT2D eigenvalue weighted by Crippen LogP contribution is -2.56. The Bertz CT molecular complexity index is 4860. The van der Waals surface area contributed by atoms with Gasteiger partial charge in [-0.2, -0.15) is 49.5 Å². The number of halogens is 9. The van der Waals surface area contributed by atoms with Gasteiger partial charge in [-0.3, -0.25) is 35.6 Å². The number of rotatable bonds is 18. The molecule has 0 aliphatic carbocycles. The van der Waals surface area contributed by atoms with Crippen molar-refractivity contribution in [2.45, 2.75) is 143 Å². The van der Waals surface area contributed by atoms with Gasteiger partial charge in [-0.15, -0.1) is 0 Å². The molecule has 9 aromatic rings. The molecule has 6 bridgehead atoms. The lowest BCUT2D eigenvalue weighted by Gasteiger charge is -2.46. The van der Waals surface area contributed by atoms with Crippen LogP contribution in [-0.4, -0.2) is 152 Å². The van der Waals surface area contributed by atoms with E-state index in [0.29, 0.717) is 93.7 Å². The standard InChI is InChI=1S/C30H34F3N5O.2C27H29F3N6O3/c1-4-19(2)10-11-21-12-13-26(34-17-21)35-29(39)38-24-9-6-14-37(18-24)25-15-20(3)27(36-28(25)38)22-7-5-8-23(16-22)30(31,32)33;1-16(14-37)15-39-22-8-9-31-25(32-22)34-26(38)36-20-7-4-10-35(13-20)21-11-17(2)23(33-24(21)36)18-5-3-6-19(12-18)27(28,29)30;1-16(14-37)15-39-23-12-31-11-22(32-23)33-26(38)36-20-7-4-8-35(13-20)21-9-17(2)24(34-25(21)36)18-5-3-6-19(10-18)27(28,29)30/h5,7-8,12-13,15-17,19,24H,4,6,9-11,14,18H2,1-3H3,(H,34,35,39);3,5-6,8-9,11-12,16,20,37H,4,7,10,13-15H2,1-2H3,(H,31,32,34,38);3,5-6,9-12,16,20,37H,4,7-8,13-15H2,1-2H3,(H,32,33,38)/t19-,24-;2*16-,20+/m011/s1. The molecule has 3 saturated heterocycles. The van der Waals surface area contributed by atoms with Crippen molar-refractivity contribution < 1.29 is 73.6 Å². The van der Waals surface area contributed by atoms with Crippen LogP contribution in [0.5, 0.6) is 11.8 Å². The van der Waals surface area contributed by atoms with Crippen LogP contribution in [0.15, 0.2) is 134 Å². The number of aryl methyl sites for hydroxylation is 4. The number of fused-ring (bicyclic) bond motifs is 12. The fourth-order valence-electron chi connectivity index (χ4n) is 15.1. The molecule has 618 valence electrons. The summed E-state index contributed by atoms with van der Waals surface area (Å²) in [6.45, 7) is 18.3. The number of ether oxygens (including phenoxy) is 2. The summed E-state index contributed by atoms with van der Waals surface area (Å²) in [6, 6.07) is 24.6. The number of piperidine rings is 3. The highest BCUT2D eigenvalue weighted by Crippen LogP contribution is 2.47. The molecule has 3 aromatic carbocycles. The third-order valence-corrected chi connectivity index (χ3v) is 21.6. The minimum absolute atomic E-state index is 0.0313. The van der Waals surface area contributed by atoms with Crippen molar-refractivity contribution in [3.8, 4) is 45.5 Å². The summed E-state index contributed by atoms with van der Waals surface area (Å²) in [7, 11) is 0. The molecule has 24 nitrogen and oxygen atoms in total. The van der Waals surface area contributed by atoms with Gasteiger partial charge < -0.3 is 34.4 Å². The molecule has 6 amide bonds. The number of benzene rings is 3. The van der Waals surface area contributed by atoms with Gasteiger partial charge in [0.05, 0.1) is 94.6 Å². The smallest absolute Gasteiger partial charge is 0.416 e.